The third kappa shape index (κ3) is 5.64. The van der Waals surface area contributed by atoms with Gasteiger partial charge in [0.1, 0.15) is 16.8 Å². The number of carbonyl (C=O) groups excluding carboxylic acids is 1. The molecule has 8 heteroatoms. The minimum Gasteiger partial charge on any atom is -0.395 e. The van der Waals surface area contributed by atoms with Crippen molar-refractivity contribution in [1.29, 1.82) is 0 Å². The summed E-state index contributed by atoms with van der Waals surface area (Å²) in [6.07, 6.45) is 4.38. The molecule has 1 aliphatic heterocycles. The average Bonchev–Trinajstić information content (AvgIpc) is 2.99. The number of hydrogen-bond donors (Lipinski definition) is 3. The number of anilines is 1. The van der Waals surface area contributed by atoms with Crippen molar-refractivity contribution in [2.45, 2.75) is 18.5 Å². The average molecular weight is 386 g/mol. The van der Waals surface area contributed by atoms with Crippen LogP contribution >= 0.6 is 23.2 Å². The molecule has 3 N–H and O–H groups in total. The second-order valence-electron chi connectivity index (χ2n) is 5.56. The lowest BCUT2D eigenvalue weighted by atomic mass is 9.96. The maximum atomic E-state index is 14.5. The number of nitrogens with one attached hydrogen (secondary N) is 2. The molecular formula is C17H18Cl2FN3O2. The minimum atomic E-state index is -0.846. The number of carbonyl (C=O) groups is 1. The van der Waals surface area contributed by atoms with E-state index in [-0.39, 0.29) is 35.1 Å². The Balaban J connectivity index is 2.14. The van der Waals surface area contributed by atoms with Gasteiger partial charge in [-0.05, 0) is 30.7 Å². The second kappa shape index (κ2) is 9.10. The van der Waals surface area contributed by atoms with Crippen molar-refractivity contribution in [3.05, 3.63) is 59.0 Å². The van der Waals surface area contributed by atoms with E-state index < -0.39 is 23.7 Å². The molecule has 1 aliphatic rings. The molecular weight excluding hydrogens is 368 g/mol. The number of halogens is 3. The van der Waals surface area contributed by atoms with Crippen LogP contribution < -0.4 is 10.6 Å². The predicted octanol–water partition coefficient (Wildman–Crippen LogP) is 3.17. The normalized spacial score (nSPS) is 23.8. The topological polar surface area (TPSA) is 74.2 Å². The van der Waals surface area contributed by atoms with Gasteiger partial charge in [-0.1, -0.05) is 41.9 Å². The van der Waals surface area contributed by atoms with Crippen molar-refractivity contribution in [1.82, 2.24) is 10.3 Å². The number of amides is 1. The zero-order valence-corrected chi connectivity index (χ0v) is 14.8. The van der Waals surface area contributed by atoms with Crippen molar-refractivity contribution < 1.29 is 14.3 Å². The molecule has 2 rings (SSSR count). The van der Waals surface area contributed by atoms with E-state index in [2.05, 4.69) is 22.2 Å². The maximum Gasteiger partial charge on any atom is 0.243 e. The van der Waals surface area contributed by atoms with Gasteiger partial charge < -0.3 is 15.7 Å². The lowest BCUT2D eigenvalue weighted by molar-refractivity contribution is -0.118. The molecule has 2 heterocycles. The summed E-state index contributed by atoms with van der Waals surface area (Å²) in [7, 11) is 0. The van der Waals surface area contributed by atoms with E-state index in [0.29, 0.717) is 0 Å². The Kier molecular flexibility index (Phi) is 7.13. The highest BCUT2D eigenvalue weighted by Crippen LogP contribution is 2.29. The van der Waals surface area contributed by atoms with Crippen LogP contribution in [0.2, 0.25) is 5.15 Å². The monoisotopic (exact) mass is 385 g/mol. The zero-order valence-electron chi connectivity index (χ0n) is 13.3. The fourth-order valence-electron chi connectivity index (χ4n) is 2.59. The first-order valence-electron chi connectivity index (χ1n) is 7.59. The number of nitrogens with zero attached hydrogens (tertiary/aromatic N) is 1. The molecule has 1 aromatic rings. The highest BCUT2D eigenvalue weighted by atomic mass is 35.5. The van der Waals surface area contributed by atoms with Crippen LogP contribution in [0.3, 0.4) is 0 Å². The molecule has 0 radical (unpaired) electrons. The summed E-state index contributed by atoms with van der Waals surface area (Å²) >= 11 is 11.4. The zero-order chi connectivity index (χ0) is 18.4. The highest BCUT2D eigenvalue weighted by molar-refractivity contribution is 6.30. The number of rotatable bonds is 6. The van der Waals surface area contributed by atoms with Crippen molar-refractivity contribution in [2.24, 2.45) is 5.92 Å². The SMILES string of the molecule is C=C(Cl)/C=C\C=C(/F)C1C[C@H](CO)NC1C(=O)Nc1cccc(Cl)n1. The smallest absolute Gasteiger partial charge is 0.243 e. The Morgan fingerprint density at radius 3 is 2.96 bits per heavy atom. The highest BCUT2D eigenvalue weighted by Gasteiger charge is 2.40. The third-order valence-electron chi connectivity index (χ3n) is 3.71. The predicted molar refractivity (Wildman–Crippen MR) is 97.1 cm³/mol. The molecule has 1 aromatic heterocycles. The first kappa shape index (κ1) is 19.6. The van der Waals surface area contributed by atoms with Crippen LogP contribution in [0.5, 0.6) is 0 Å². The number of hydrogen-bond acceptors (Lipinski definition) is 4. The molecule has 25 heavy (non-hydrogen) atoms. The van der Waals surface area contributed by atoms with Gasteiger partial charge in [0.25, 0.3) is 0 Å². The first-order chi connectivity index (χ1) is 11.9. The number of allylic oxidation sites excluding steroid dienone is 4. The van der Waals surface area contributed by atoms with Gasteiger partial charge in [-0.2, -0.15) is 0 Å². The summed E-state index contributed by atoms with van der Waals surface area (Å²) in [6.45, 7) is 3.27. The molecule has 0 aromatic carbocycles. The van der Waals surface area contributed by atoms with Crippen LogP contribution in [-0.2, 0) is 4.79 Å². The van der Waals surface area contributed by atoms with Crippen LogP contribution in [0.1, 0.15) is 6.42 Å². The van der Waals surface area contributed by atoms with Gasteiger partial charge in [0.15, 0.2) is 0 Å². The van der Waals surface area contributed by atoms with Crippen LogP contribution in [0.25, 0.3) is 0 Å². The van der Waals surface area contributed by atoms with Gasteiger partial charge in [-0.3, -0.25) is 4.79 Å². The van der Waals surface area contributed by atoms with E-state index in [1.807, 2.05) is 0 Å². The van der Waals surface area contributed by atoms with Gasteiger partial charge in [0, 0.05) is 17.0 Å². The van der Waals surface area contributed by atoms with Crippen LogP contribution in [-0.4, -0.2) is 34.7 Å². The minimum absolute atomic E-state index is 0.197. The molecule has 0 saturated carbocycles. The first-order valence-corrected chi connectivity index (χ1v) is 8.34. The molecule has 134 valence electrons. The third-order valence-corrected chi connectivity index (χ3v) is 4.05. The largest absolute Gasteiger partial charge is 0.395 e. The lowest BCUT2D eigenvalue weighted by Crippen LogP contribution is -2.43. The quantitative estimate of drug-likeness (QED) is 0.519. The van der Waals surface area contributed by atoms with Crippen molar-refractivity contribution in [3.8, 4) is 0 Å². The van der Waals surface area contributed by atoms with Gasteiger partial charge in [-0.25, -0.2) is 9.37 Å². The van der Waals surface area contributed by atoms with Crippen LogP contribution in [0.15, 0.2) is 53.9 Å². The molecule has 1 amide bonds. The number of aromatic nitrogens is 1. The maximum absolute atomic E-state index is 14.5. The fraction of sp³-hybridized carbons (Fsp3) is 0.294. The molecule has 0 spiro atoms. The molecule has 5 nitrogen and oxygen atoms in total. The van der Waals surface area contributed by atoms with E-state index in [4.69, 9.17) is 23.2 Å². The molecule has 1 saturated heterocycles. The van der Waals surface area contributed by atoms with Gasteiger partial charge in [0.2, 0.25) is 5.91 Å². The second-order valence-corrected chi connectivity index (χ2v) is 6.43. The summed E-state index contributed by atoms with van der Waals surface area (Å²) in [4.78, 5) is 16.5. The molecule has 1 fully saturated rings. The molecule has 0 aliphatic carbocycles. The van der Waals surface area contributed by atoms with Crippen molar-refractivity contribution >= 4 is 34.9 Å². The molecule has 2 unspecified atom stereocenters. The Labute approximate surface area is 155 Å². The molecule has 0 bridgehead atoms. The Bertz CT molecular complexity index is 709. The summed E-state index contributed by atoms with van der Waals surface area (Å²) in [6, 6.07) is 3.58. The van der Waals surface area contributed by atoms with E-state index >= 15 is 0 Å². The van der Waals surface area contributed by atoms with E-state index in [9.17, 15) is 14.3 Å². The summed E-state index contributed by atoms with van der Waals surface area (Å²) in [5.74, 6) is -1.39. The summed E-state index contributed by atoms with van der Waals surface area (Å²) in [5, 5.41) is 15.4. The van der Waals surface area contributed by atoms with Gasteiger partial charge >= 0.3 is 0 Å². The van der Waals surface area contributed by atoms with E-state index in [0.717, 1.165) is 0 Å². The van der Waals surface area contributed by atoms with Crippen LogP contribution in [0, 0.1) is 5.92 Å². The van der Waals surface area contributed by atoms with Crippen molar-refractivity contribution in [3.63, 3.8) is 0 Å². The lowest BCUT2D eigenvalue weighted by Gasteiger charge is -2.17. The summed E-state index contributed by atoms with van der Waals surface area (Å²) in [5.41, 5.74) is 0. The Morgan fingerprint density at radius 1 is 1.56 bits per heavy atom. The molecule has 3 atom stereocenters. The Morgan fingerprint density at radius 2 is 2.32 bits per heavy atom. The standard InChI is InChI=1S/C17H18Cl2FN3O2/c1-10(18)4-2-5-13(20)12-8-11(9-24)21-16(12)17(25)23-15-7-3-6-14(19)22-15/h2-7,11-12,16,21,24H,1,8-9H2,(H,22,23,25)/b4-2-,13-5-/t11-,12?,16?/m1/s1. The van der Waals surface area contributed by atoms with Crippen LogP contribution in [0.4, 0.5) is 10.2 Å². The summed E-state index contributed by atoms with van der Waals surface area (Å²) < 4.78 is 14.5. The van der Waals surface area contributed by atoms with E-state index in [1.165, 1.54) is 18.2 Å². The van der Waals surface area contributed by atoms with Gasteiger partial charge in [0.05, 0.1) is 12.6 Å². The number of aliphatic hydroxyl groups excluding tert-OH is 1. The van der Waals surface area contributed by atoms with Gasteiger partial charge in [-0.15, -0.1) is 0 Å². The fourth-order valence-corrected chi connectivity index (χ4v) is 2.82. The number of pyridine rings is 1. The number of aliphatic hydroxyl groups is 1. The van der Waals surface area contributed by atoms with E-state index in [1.54, 1.807) is 18.2 Å². The Hall–Kier alpha value is -1.73. The van der Waals surface area contributed by atoms with Crippen molar-refractivity contribution in [2.75, 3.05) is 11.9 Å².